The summed E-state index contributed by atoms with van der Waals surface area (Å²) in [6.45, 7) is 3.46. The number of halogens is 2. The zero-order chi connectivity index (χ0) is 30.7. The Kier molecular flexibility index (Phi) is 8.72. The molecule has 2 unspecified atom stereocenters. The number of aromatic nitrogens is 2. The van der Waals surface area contributed by atoms with Crippen LogP contribution < -0.4 is 16.0 Å². The minimum atomic E-state index is -0.653. The van der Waals surface area contributed by atoms with Gasteiger partial charge in [0.25, 0.3) is 5.91 Å². The molecule has 0 saturated carbocycles. The molecule has 1 aliphatic rings. The Hall–Kier alpha value is -4.77. The minimum absolute atomic E-state index is 0.0552. The van der Waals surface area contributed by atoms with Crippen LogP contribution in [-0.2, 0) is 9.53 Å². The Bertz CT molecular complexity index is 1710. The van der Waals surface area contributed by atoms with Crippen LogP contribution in [-0.4, -0.2) is 35.2 Å². The number of carbonyl (C=O) groups excluding carboxylic acids is 3. The summed E-state index contributed by atoms with van der Waals surface area (Å²) in [7, 11) is 1.27. The molecular weight excluding hydrogens is 577 g/mol. The van der Waals surface area contributed by atoms with Gasteiger partial charge in [-0.05, 0) is 61.7 Å². The molecule has 2 atom stereocenters. The third-order valence-electron chi connectivity index (χ3n) is 7.38. The highest BCUT2D eigenvalue weighted by molar-refractivity contribution is 6.31. The molecule has 3 N–H and O–H groups in total. The molecule has 0 fully saturated rings. The number of hydrogen-bond acceptors (Lipinski definition) is 7. The fourth-order valence-corrected chi connectivity index (χ4v) is 5.15. The Balaban J connectivity index is 1.48. The van der Waals surface area contributed by atoms with Crippen molar-refractivity contribution in [3.05, 3.63) is 82.6 Å². The molecule has 2 bridgehead atoms. The number of fused-ring (bicyclic) bond motifs is 4. The zero-order valence-corrected chi connectivity index (χ0v) is 24.4. The Morgan fingerprint density at radius 1 is 1.14 bits per heavy atom. The number of carbonyl (C=O) groups is 3. The van der Waals surface area contributed by atoms with Crippen LogP contribution in [0, 0.1) is 18.7 Å². The second-order valence-electron chi connectivity index (χ2n) is 10.3. The summed E-state index contributed by atoms with van der Waals surface area (Å²) in [5.41, 5.74) is 3.67. The first-order valence-electron chi connectivity index (χ1n) is 13.6. The van der Waals surface area contributed by atoms with E-state index in [-0.39, 0.29) is 33.9 Å². The summed E-state index contributed by atoms with van der Waals surface area (Å²) >= 11 is 5.94. The van der Waals surface area contributed by atoms with Crippen molar-refractivity contribution in [3.8, 4) is 22.4 Å². The van der Waals surface area contributed by atoms with Crippen LogP contribution in [0.25, 0.3) is 22.4 Å². The molecule has 43 heavy (non-hydrogen) atoms. The largest absolute Gasteiger partial charge is 0.453 e. The van der Waals surface area contributed by atoms with Crippen molar-refractivity contribution in [2.75, 3.05) is 17.7 Å². The second-order valence-corrected chi connectivity index (χ2v) is 10.7. The first kappa shape index (κ1) is 29.7. The van der Waals surface area contributed by atoms with Crippen LogP contribution in [0.2, 0.25) is 5.02 Å². The third kappa shape index (κ3) is 6.36. The Morgan fingerprint density at radius 3 is 2.74 bits per heavy atom. The van der Waals surface area contributed by atoms with Gasteiger partial charge in [0.1, 0.15) is 5.69 Å². The number of amides is 3. The number of anilines is 2. The van der Waals surface area contributed by atoms with Gasteiger partial charge in [0.15, 0.2) is 5.82 Å². The third-order valence-corrected chi connectivity index (χ3v) is 7.67. The van der Waals surface area contributed by atoms with Crippen LogP contribution in [0.4, 0.5) is 20.6 Å². The molecule has 3 heterocycles. The van der Waals surface area contributed by atoms with Gasteiger partial charge in [-0.15, -0.1) is 0 Å². The fourth-order valence-electron chi connectivity index (χ4n) is 4.97. The Labute approximate surface area is 252 Å². The first-order valence-corrected chi connectivity index (χ1v) is 14.0. The van der Waals surface area contributed by atoms with Crippen molar-refractivity contribution < 1.29 is 28.0 Å². The Morgan fingerprint density at radius 2 is 1.95 bits per heavy atom. The standard InChI is InChI=1S/C31H29ClFN5O5/c1-16-6-4-9-23(36-30(40)28-17(2)27(38-43-28)21-7-5-8-22(32)26(21)33)25-14-18(12-13-34-25)20-11-10-19(35-31(41)42-3)15-24(20)37-29(16)39/h5,7-8,10-16,23H,4,6,9H2,1-3H3,(H,35,41)(H,36,40)(H,37,39). The van der Waals surface area contributed by atoms with Gasteiger partial charge in [0.2, 0.25) is 11.7 Å². The molecule has 10 nitrogen and oxygen atoms in total. The van der Waals surface area contributed by atoms with E-state index in [0.717, 1.165) is 5.56 Å². The van der Waals surface area contributed by atoms with Gasteiger partial charge in [-0.25, -0.2) is 9.18 Å². The summed E-state index contributed by atoms with van der Waals surface area (Å²) in [5.74, 6) is -1.75. The van der Waals surface area contributed by atoms with E-state index in [9.17, 15) is 18.8 Å². The second kappa shape index (κ2) is 12.6. The average Bonchev–Trinajstić information content (AvgIpc) is 3.38. The highest BCUT2D eigenvalue weighted by Gasteiger charge is 2.27. The summed E-state index contributed by atoms with van der Waals surface area (Å²) < 4.78 is 24.7. The van der Waals surface area contributed by atoms with Gasteiger partial charge in [0, 0.05) is 34.5 Å². The quantitative estimate of drug-likeness (QED) is 0.230. The number of ether oxygens (including phenoxy) is 1. The highest BCUT2D eigenvalue weighted by atomic mass is 35.5. The molecule has 0 aliphatic carbocycles. The van der Waals surface area contributed by atoms with Crippen molar-refractivity contribution in [1.29, 1.82) is 0 Å². The van der Waals surface area contributed by atoms with Gasteiger partial charge in [-0.1, -0.05) is 42.2 Å². The summed E-state index contributed by atoms with van der Waals surface area (Å²) in [6, 6.07) is 12.8. The topological polar surface area (TPSA) is 135 Å². The lowest BCUT2D eigenvalue weighted by atomic mass is 9.95. The van der Waals surface area contributed by atoms with Crippen LogP contribution in [0.5, 0.6) is 0 Å². The molecule has 12 heteroatoms. The monoisotopic (exact) mass is 605 g/mol. The van der Waals surface area contributed by atoms with E-state index in [4.69, 9.17) is 16.1 Å². The predicted octanol–water partition coefficient (Wildman–Crippen LogP) is 6.91. The van der Waals surface area contributed by atoms with Crippen molar-refractivity contribution in [2.45, 2.75) is 39.2 Å². The van der Waals surface area contributed by atoms with Crippen LogP contribution in [0.1, 0.15) is 54.0 Å². The summed E-state index contributed by atoms with van der Waals surface area (Å²) in [6.07, 6.45) is 2.65. The van der Waals surface area contributed by atoms with E-state index in [1.54, 1.807) is 43.5 Å². The number of nitrogens with zero attached hydrogens (tertiary/aromatic N) is 2. The SMILES string of the molecule is COC(=O)Nc1ccc2c(c1)NC(=O)C(C)CCCC(NC(=O)c1onc(-c3cccc(Cl)c3F)c1C)c1cc-2ccn1. The first-order chi connectivity index (χ1) is 20.7. The molecule has 5 rings (SSSR count). The lowest BCUT2D eigenvalue weighted by Crippen LogP contribution is -2.30. The number of rotatable bonds is 4. The molecule has 0 radical (unpaired) electrons. The number of hydrogen-bond donors (Lipinski definition) is 3. The molecule has 1 aliphatic heterocycles. The minimum Gasteiger partial charge on any atom is -0.453 e. The van der Waals surface area contributed by atoms with Gasteiger partial charge in [-0.2, -0.15) is 0 Å². The zero-order valence-electron chi connectivity index (χ0n) is 23.7. The number of pyridine rings is 1. The fraction of sp³-hybridized carbons (Fsp3) is 0.258. The molecular formula is C31H29ClFN5O5. The highest BCUT2D eigenvalue weighted by Crippen LogP contribution is 2.35. The number of methoxy groups -OCH3 is 1. The summed E-state index contributed by atoms with van der Waals surface area (Å²) in [4.78, 5) is 42.9. The maximum absolute atomic E-state index is 14.7. The van der Waals surface area contributed by atoms with E-state index < -0.39 is 23.9 Å². The van der Waals surface area contributed by atoms with Crippen molar-refractivity contribution in [1.82, 2.24) is 15.5 Å². The van der Waals surface area contributed by atoms with Gasteiger partial charge in [-0.3, -0.25) is 19.9 Å². The normalized spacial score (nSPS) is 16.6. The molecule has 222 valence electrons. The number of nitrogens with one attached hydrogen (secondary N) is 3. The van der Waals surface area contributed by atoms with E-state index in [1.165, 1.54) is 19.2 Å². The van der Waals surface area contributed by atoms with E-state index in [1.807, 2.05) is 13.0 Å². The van der Waals surface area contributed by atoms with Gasteiger partial charge in [0.05, 0.1) is 29.6 Å². The smallest absolute Gasteiger partial charge is 0.411 e. The van der Waals surface area contributed by atoms with E-state index >= 15 is 0 Å². The van der Waals surface area contributed by atoms with Crippen molar-refractivity contribution >= 4 is 40.9 Å². The molecule has 2 aromatic carbocycles. The van der Waals surface area contributed by atoms with Gasteiger partial charge < -0.3 is 19.9 Å². The molecule has 0 spiro atoms. The molecule has 2 aromatic heterocycles. The van der Waals surface area contributed by atoms with Crippen LogP contribution >= 0.6 is 11.6 Å². The van der Waals surface area contributed by atoms with Crippen molar-refractivity contribution in [2.24, 2.45) is 5.92 Å². The van der Waals surface area contributed by atoms with Crippen molar-refractivity contribution in [3.63, 3.8) is 0 Å². The average molecular weight is 606 g/mol. The van der Waals surface area contributed by atoms with E-state index in [0.29, 0.717) is 47.5 Å². The molecule has 4 aromatic rings. The molecule has 0 saturated heterocycles. The predicted molar refractivity (Wildman–Crippen MR) is 159 cm³/mol. The lowest BCUT2D eigenvalue weighted by Gasteiger charge is -2.22. The maximum atomic E-state index is 14.7. The lowest BCUT2D eigenvalue weighted by molar-refractivity contribution is -0.119. The van der Waals surface area contributed by atoms with Crippen LogP contribution in [0.3, 0.4) is 0 Å². The maximum Gasteiger partial charge on any atom is 0.411 e. The van der Waals surface area contributed by atoms with Crippen LogP contribution in [0.15, 0.2) is 59.3 Å². The summed E-state index contributed by atoms with van der Waals surface area (Å²) in [5, 5.41) is 12.5. The van der Waals surface area contributed by atoms with E-state index in [2.05, 4.69) is 30.8 Å². The number of benzene rings is 2. The molecule has 3 amide bonds. The van der Waals surface area contributed by atoms with Gasteiger partial charge >= 0.3 is 6.09 Å².